The van der Waals surface area contributed by atoms with Gasteiger partial charge in [-0.1, -0.05) is 12.1 Å². The van der Waals surface area contributed by atoms with Crippen LogP contribution in [0, 0.1) is 0 Å². The molecule has 1 fully saturated rings. The molecule has 3 N–H and O–H groups in total. The van der Waals surface area contributed by atoms with Crippen molar-refractivity contribution < 1.29 is 0 Å². The largest absolute Gasteiger partial charge is 0.383 e. The highest BCUT2D eigenvalue weighted by Crippen LogP contribution is 2.35. The Balaban J connectivity index is 1.57. The quantitative estimate of drug-likeness (QED) is 0.848. The molecule has 108 valence electrons. The first kappa shape index (κ1) is 12.6. The normalized spacial score (nSPS) is 19.8. The molecule has 0 radical (unpaired) electrons. The lowest BCUT2D eigenvalue weighted by atomic mass is 9.94. The zero-order chi connectivity index (χ0) is 14.3. The van der Waals surface area contributed by atoms with E-state index < -0.39 is 0 Å². The molecule has 1 aromatic heterocycles. The Bertz CT molecular complexity index is 671. The lowest BCUT2D eigenvalue weighted by Gasteiger charge is -2.42. The molecule has 1 aromatic carbocycles. The van der Waals surface area contributed by atoms with E-state index in [4.69, 9.17) is 10.7 Å². The Hall–Kier alpha value is -2.08. The van der Waals surface area contributed by atoms with Gasteiger partial charge >= 0.3 is 0 Å². The van der Waals surface area contributed by atoms with Crippen molar-refractivity contribution in [2.24, 2.45) is 10.7 Å². The highest BCUT2D eigenvalue weighted by atomic mass is 32.1. The third-order valence-corrected chi connectivity index (χ3v) is 5.02. The average Bonchev–Trinajstić information content (AvgIpc) is 3.02. The van der Waals surface area contributed by atoms with Gasteiger partial charge in [-0.15, -0.1) is 11.3 Å². The Morgan fingerprint density at radius 3 is 2.81 bits per heavy atom. The summed E-state index contributed by atoms with van der Waals surface area (Å²) in [5.41, 5.74) is 8.01. The van der Waals surface area contributed by atoms with E-state index in [1.54, 1.807) is 11.3 Å². The summed E-state index contributed by atoms with van der Waals surface area (Å²) in [7, 11) is 0. The summed E-state index contributed by atoms with van der Waals surface area (Å²) >= 11 is 1.69. The number of thiazole rings is 1. The number of aromatic nitrogens is 1. The highest BCUT2D eigenvalue weighted by Gasteiger charge is 2.38. The predicted molar refractivity (Wildman–Crippen MR) is 87.1 cm³/mol. The molecule has 6 heteroatoms. The van der Waals surface area contributed by atoms with Gasteiger partial charge in [0.05, 0.1) is 0 Å². The molecule has 0 saturated carbocycles. The van der Waals surface area contributed by atoms with Gasteiger partial charge in [-0.2, -0.15) is 0 Å². The molecular formula is C15H17N5S. The van der Waals surface area contributed by atoms with Crippen molar-refractivity contribution in [3.05, 3.63) is 41.4 Å². The van der Waals surface area contributed by atoms with Gasteiger partial charge in [0.2, 0.25) is 0 Å². The van der Waals surface area contributed by atoms with E-state index in [9.17, 15) is 0 Å². The Morgan fingerprint density at radius 1 is 1.24 bits per heavy atom. The molecule has 2 aliphatic rings. The van der Waals surface area contributed by atoms with Gasteiger partial charge < -0.3 is 16.0 Å². The summed E-state index contributed by atoms with van der Waals surface area (Å²) in [6, 6.07) is 8.11. The topological polar surface area (TPSA) is 66.5 Å². The number of hydrogen-bond acceptors (Lipinski definition) is 6. The fraction of sp³-hybridized carbons (Fsp3) is 0.333. The van der Waals surface area contributed by atoms with Gasteiger partial charge in [0.25, 0.3) is 0 Å². The van der Waals surface area contributed by atoms with Gasteiger partial charge in [0.15, 0.2) is 5.13 Å². The Morgan fingerprint density at radius 2 is 2.05 bits per heavy atom. The molecule has 5 nitrogen and oxygen atoms in total. The second kappa shape index (κ2) is 4.73. The molecular weight excluding hydrogens is 282 g/mol. The maximum atomic E-state index is 6.17. The minimum Gasteiger partial charge on any atom is -0.383 e. The van der Waals surface area contributed by atoms with Crippen LogP contribution in [-0.4, -0.2) is 29.6 Å². The molecule has 4 rings (SSSR count). The lowest BCUT2D eigenvalue weighted by Crippen LogP contribution is -2.51. The molecule has 0 amide bonds. The zero-order valence-corrected chi connectivity index (χ0v) is 12.4. The molecule has 2 aliphatic heterocycles. The van der Waals surface area contributed by atoms with E-state index in [1.807, 2.05) is 29.8 Å². The number of para-hydroxylation sites is 1. The first-order valence-electron chi connectivity index (χ1n) is 7.13. The summed E-state index contributed by atoms with van der Waals surface area (Å²) in [5.74, 6) is 0.645. The number of nitrogens with zero attached hydrogens (tertiary/aromatic N) is 3. The highest BCUT2D eigenvalue weighted by molar-refractivity contribution is 7.13. The third kappa shape index (κ3) is 2.15. The summed E-state index contributed by atoms with van der Waals surface area (Å²) < 4.78 is 0. The maximum Gasteiger partial charge on any atom is 0.185 e. The zero-order valence-electron chi connectivity index (χ0n) is 11.6. The van der Waals surface area contributed by atoms with E-state index in [-0.39, 0.29) is 5.66 Å². The number of nitrogens with two attached hydrogens (primary N) is 1. The fourth-order valence-electron chi connectivity index (χ4n) is 3.06. The molecule has 0 atom stereocenters. The molecule has 2 aromatic rings. The number of hydrogen-bond donors (Lipinski definition) is 2. The van der Waals surface area contributed by atoms with E-state index in [0.29, 0.717) is 5.84 Å². The lowest BCUT2D eigenvalue weighted by molar-refractivity contribution is 0.376. The van der Waals surface area contributed by atoms with Crippen LogP contribution in [0.2, 0.25) is 0 Å². The van der Waals surface area contributed by atoms with Crippen LogP contribution >= 0.6 is 11.3 Å². The summed E-state index contributed by atoms with van der Waals surface area (Å²) in [5, 5.41) is 6.71. The van der Waals surface area contributed by atoms with Crippen molar-refractivity contribution in [1.82, 2.24) is 4.98 Å². The smallest absolute Gasteiger partial charge is 0.185 e. The van der Waals surface area contributed by atoms with Crippen LogP contribution < -0.4 is 16.0 Å². The maximum absolute atomic E-state index is 6.17. The molecule has 1 saturated heterocycles. The van der Waals surface area contributed by atoms with Crippen LogP contribution in [0.1, 0.15) is 18.4 Å². The minimum absolute atomic E-state index is 0.258. The third-order valence-electron chi connectivity index (χ3n) is 4.19. The number of piperidine rings is 1. The number of benzene rings is 1. The van der Waals surface area contributed by atoms with Crippen LogP contribution in [0.5, 0.6) is 0 Å². The molecule has 3 heterocycles. The van der Waals surface area contributed by atoms with Gasteiger partial charge in [0.1, 0.15) is 11.5 Å². The van der Waals surface area contributed by atoms with Crippen LogP contribution in [-0.2, 0) is 0 Å². The SMILES string of the molecule is NC1=NC2(CCN(c3nccs3)CC2)Nc2ccccc21. The van der Waals surface area contributed by atoms with Gasteiger partial charge in [0, 0.05) is 48.8 Å². The average molecular weight is 299 g/mol. The molecule has 21 heavy (non-hydrogen) atoms. The number of rotatable bonds is 1. The van der Waals surface area contributed by atoms with Crippen molar-refractivity contribution in [1.29, 1.82) is 0 Å². The number of anilines is 2. The van der Waals surface area contributed by atoms with Crippen LogP contribution in [0.15, 0.2) is 40.8 Å². The standard InChI is InChI=1S/C15H17N5S/c16-13-11-3-1-2-4-12(11)18-15(19-13)5-8-20(9-6-15)14-17-7-10-21-14/h1-4,7,10,18H,5-6,8-9H2,(H2,16,19). The van der Waals surface area contributed by atoms with Crippen molar-refractivity contribution in [3.8, 4) is 0 Å². The van der Waals surface area contributed by atoms with Gasteiger partial charge in [-0.25, -0.2) is 9.98 Å². The number of amidine groups is 1. The molecule has 0 aliphatic carbocycles. The van der Waals surface area contributed by atoms with E-state index >= 15 is 0 Å². The first-order chi connectivity index (χ1) is 10.3. The van der Waals surface area contributed by atoms with E-state index in [2.05, 4.69) is 21.3 Å². The van der Waals surface area contributed by atoms with Gasteiger partial charge in [-0.05, 0) is 12.1 Å². The van der Waals surface area contributed by atoms with Crippen molar-refractivity contribution in [3.63, 3.8) is 0 Å². The van der Waals surface area contributed by atoms with Gasteiger partial charge in [-0.3, -0.25) is 0 Å². The second-order valence-electron chi connectivity index (χ2n) is 5.50. The molecule has 0 unspecified atom stereocenters. The van der Waals surface area contributed by atoms with Crippen molar-refractivity contribution >= 4 is 28.0 Å². The van der Waals surface area contributed by atoms with E-state index in [1.165, 1.54) is 0 Å². The van der Waals surface area contributed by atoms with Crippen LogP contribution in [0.3, 0.4) is 0 Å². The number of aliphatic imine (C=N–C) groups is 1. The fourth-order valence-corrected chi connectivity index (χ4v) is 3.76. The van der Waals surface area contributed by atoms with Crippen LogP contribution in [0.4, 0.5) is 10.8 Å². The minimum atomic E-state index is -0.258. The van der Waals surface area contributed by atoms with Crippen LogP contribution in [0.25, 0.3) is 0 Å². The number of nitrogens with one attached hydrogen (secondary N) is 1. The predicted octanol–water partition coefficient (Wildman–Crippen LogP) is 2.27. The summed E-state index contributed by atoms with van der Waals surface area (Å²) in [6.07, 6.45) is 3.72. The molecule has 0 bridgehead atoms. The summed E-state index contributed by atoms with van der Waals surface area (Å²) in [6.45, 7) is 1.89. The summed E-state index contributed by atoms with van der Waals surface area (Å²) in [4.78, 5) is 11.5. The second-order valence-corrected chi connectivity index (χ2v) is 6.37. The monoisotopic (exact) mass is 299 g/mol. The van der Waals surface area contributed by atoms with Crippen molar-refractivity contribution in [2.45, 2.75) is 18.5 Å². The number of fused-ring (bicyclic) bond motifs is 1. The van der Waals surface area contributed by atoms with E-state index in [0.717, 1.165) is 42.3 Å². The van der Waals surface area contributed by atoms with Crippen molar-refractivity contribution in [2.75, 3.05) is 23.3 Å². The first-order valence-corrected chi connectivity index (χ1v) is 8.01. The Labute approximate surface area is 127 Å². The Kier molecular flexibility index (Phi) is 2.85. The molecule has 1 spiro atoms.